The summed E-state index contributed by atoms with van der Waals surface area (Å²) in [5.41, 5.74) is 2.24. The minimum absolute atomic E-state index is 0.298. The van der Waals surface area contributed by atoms with E-state index in [-0.39, 0.29) is 11.7 Å². The zero-order valence-electron chi connectivity index (χ0n) is 13.1. The molecule has 0 atom stereocenters. The molecule has 1 amide bonds. The van der Waals surface area contributed by atoms with Crippen molar-refractivity contribution in [3.05, 3.63) is 46.9 Å². The molecule has 0 aliphatic carbocycles. The van der Waals surface area contributed by atoms with Gasteiger partial charge in [0.05, 0.1) is 12.8 Å². The number of nitrogens with one attached hydrogen (secondary N) is 2. The molecular weight excluding hydrogens is 331 g/mol. The van der Waals surface area contributed by atoms with Crippen LogP contribution in [0.15, 0.2) is 29.6 Å². The SMILES string of the molecule is CCc1cc(C(=O)Nc2nc(-c3cc(F)ccc3OC)cs2)n[nH]1. The third-order valence-electron chi connectivity index (χ3n) is 3.41. The van der Waals surface area contributed by atoms with Gasteiger partial charge in [-0.3, -0.25) is 15.2 Å². The zero-order chi connectivity index (χ0) is 17.1. The lowest BCUT2D eigenvalue weighted by Gasteiger charge is -2.05. The normalized spacial score (nSPS) is 10.6. The Bertz CT molecular complexity index is 875. The summed E-state index contributed by atoms with van der Waals surface area (Å²) < 4.78 is 18.7. The topological polar surface area (TPSA) is 79.9 Å². The fraction of sp³-hybridized carbons (Fsp3) is 0.188. The van der Waals surface area contributed by atoms with Crippen LogP contribution in [0.1, 0.15) is 23.1 Å². The van der Waals surface area contributed by atoms with Crippen molar-refractivity contribution in [2.24, 2.45) is 0 Å². The van der Waals surface area contributed by atoms with Crippen LogP contribution in [0.5, 0.6) is 5.75 Å². The fourth-order valence-electron chi connectivity index (χ4n) is 2.16. The first-order valence-electron chi connectivity index (χ1n) is 7.25. The minimum Gasteiger partial charge on any atom is -0.496 e. The summed E-state index contributed by atoms with van der Waals surface area (Å²) in [6.45, 7) is 1.97. The number of methoxy groups -OCH3 is 1. The van der Waals surface area contributed by atoms with E-state index < -0.39 is 0 Å². The van der Waals surface area contributed by atoms with Gasteiger partial charge < -0.3 is 4.74 Å². The van der Waals surface area contributed by atoms with Gasteiger partial charge >= 0.3 is 0 Å². The average Bonchev–Trinajstić information content (AvgIpc) is 3.24. The molecule has 3 aromatic rings. The van der Waals surface area contributed by atoms with Crippen molar-refractivity contribution in [2.75, 3.05) is 12.4 Å². The lowest BCUT2D eigenvalue weighted by Crippen LogP contribution is -2.12. The molecule has 0 fully saturated rings. The number of aromatic amines is 1. The molecule has 0 saturated heterocycles. The van der Waals surface area contributed by atoms with E-state index in [1.807, 2.05) is 6.92 Å². The number of carbonyl (C=O) groups excluding carboxylic acids is 1. The lowest BCUT2D eigenvalue weighted by molar-refractivity contribution is 0.102. The maximum atomic E-state index is 13.5. The van der Waals surface area contributed by atoms with Gasteiger partial charge in [0.1, 0.15) is 11.6 Å². The van der Waals surface area contributed by atoms with E-state index in [2.05, 4.69) is 20.5 Å². The highest BCUT2D eigenvalue weighted by Gasteiger charge is 2.15. The van der Waals surface area contributed by atoms with Crippen molar-refractivity contribution in [1.82, 2.24) is 15.2 Å². The van der Waals surface area contributed by atoms with Crippen LogP contribution >= 0.6 is 11.3 Å². The molecular formula is C16H15FN4O2S. The summed E-state index contributed by atoms with van der Waals surface area (Å²) in [5.74, 6) is -0.217. The maximum absolute atomic E-state index is 13.5. The molecule has 0 aliphatic heterocycles. The number of ether oxygens (including phenoxy) is 1. The number of aromatic nitrogens is 3. The number of nitrogens with zero attached hydrogens (tertiary/aromatic N) is 2. The minimum atomic E-state index is -0.381. The standard InChI is InChI=1S/C16H15FN4O2S/c1-3-10-7-12(21-20-10)15(22)19-16-18-13(8-24-16)11-6-9(17)4-5-14(11)23-2/h4-8H,3H2,1-2H3,(H,20,21)(H,18,19,22). The van der Waals surface area contributed by atoms with Crippen LogP contribution in [-0.2, 0) is 6.42 Å². The van der Waals surface area contributed by atoms with Crippen LogP contribution in [0.2, 0.25) is 0 Å². The van der Waals surface area contributed by atoms with Gasteiger partial charge in [0.15, 0.2) is 10.8 Å². The van der Waals surface area contributed by atoms with Crippen LogP contribution in [0.25, 0.3) is 11.3 Å². The third kappa shape index (κ3) is 3.28. The summed E-state index contributed by atoms with van der Waals surface area (Å²) >= 11 is 1.25. The van der Waals surface area contributed by atoms with Crippen LogP contribution in [0.3, 0.4) is 0 Å². The quantitative estimate of drug-likeness (QED) is 0.741. The van der Waals surface area contributed by atoms with Crippen molar-refractivity contribution in [2.45, 2.75) is 13.3 Å². The highest BCUT2D eigenvalue weighted by atomic mass is 32.1. The van der Waals surface area contributed by atoms with Gasteiger partial charge in [0.2, 0.25) is 0 Å². The molecule has 6 nitrogen and oxygen atoms in total. The molecule has 0 unspecified atom stereocenters. The molecule has 8 heteroatoms. The van der Waals surface area contributed by atoms with Gasteiger partial charge in [-0.15, -0.1) is 11.3 Å². The fourth-order valence-corrected chi connectivity index (χ4v) is 2.86. The molecule has 2 aromatic heterocycles. The molecule has 0 bridgehead atoms. The van der Waals surface area contributed by atoms with Gasteiger partial charge in [-0.1, -0.05) is 6.92 Å². The number of anilines is 1. The van der Waals surface area contributed by atoms with Crippen molar-refractivity contribution in [3.8, 4) is 17.0 Å². The Labute approximate surface area is 141 Å². The molecule has 0 aliphatic rings. The van der Waals surface area contributed by atoms with E-state index in [0.29, 0.717) is 27.8 Å². The lowest BCUT2D eigenvalue weighted by atomic mass is 10.1. The van der Waals surface area contributed by atoms with Crippen molar-refractivity contribution in [3.63, 3.8) is 0 Å². The van der Waals surface area contributed by atoms with E-state index in [1.165, 1.54) is 36.6 Å². The Morgan fingerprint density at radius 3 is 2.96 bits per heavy atom. The largest absolute Gasteiger partial charge is 0.496 e. The van der Waals surface area contributed by atoms with Crippen LogP contribution in [-0.4, -0.2) is 28.2 Å². The van der Waals surface area contributed by atoms with Gasteiger partial charge in [-0.05, 0) is 30.7 Å². The number of benzene rings is 1. The van der Waals surface area contributed by atoms with E-state index in [4.69, 9.17) is 4.74 Å². The van der Waals surface area contributed by atoms with Crippen molar-refractivity contribution < 1.29 is 13.9 Å². The number of halogens is 1. The number of rotatable bonds is 5. The smallest absolute Gasteiger partial charge is 0.277 e. The Balaban J connectivity index is 1.81. The predicted octanol–water partition coefficient (Wildman–Crippen LogP) is 3.50. The first-order chi connectivity index (χ1) is 11.6. The molecule has 1 aromatic carbocycles. The number of carbonyl (C=O) groups is 1. The predicted molar refractivity (Wildman–Crippen MR) is 90.0 cm³/mol. The number of thiazole rings is 1. The molecule has 0 spiro atoms. The summed E-state index contributed by atoms with van der Waals surface area (Å²) in [6, 6.07) is 5.90. The van der Waals surface area contributed by atoms with E-state index in [0.717, 1.165) is 12.1 Å². The summed E-state index contributed by atoms with van der Waals surface area (Å²) in [6.07, 6.45) is 0.765. The number of hydrogen-bond donors (Lipinski definition) is 2. The average molecular weight is 346 g/mol. The van der Waals surface area contributed by atoms with Crippen LogP contribution < -0.4 is 10.1 Å². The van der Waals surface area contributed by atoms with E-state index >= 15 is 0 Å². The Morgan fingerprint density at radius 2 is 2.25 bits per heavy atom. The number of aryl methyl sites for hydroxylation is 1. The highest BCUT2D eigenvalue weighted by molar-refractivity contribution is 7.14. The molecule has 3 rings (SSSR count). The first kappa shape index (κ1) is 16.1. The van der Waals surface area contributed by atoms with Crippen LogP contribution in [0, 0.1) is 5.82 Å². The molecule has 0 saturated carbocycles. The number of H-pyrrole nitrogens is 1. The first-order valence-corrected chi connectivity index (χ1v) is 8.13. The van der Waals surface area contributed by atoms with Crippen molar-refractivity contribution in [1.29, 1.82) is 0 Å². The monoisotopic (exact) mass is 346 g/mol. The Hall–Kier alpha value is -2.74. The molecule has 24 heavy (non-hydrogen) atoms. The second-order valence-corrected chi connectivity index (χ2v) is 5.83. The highest BCUT2D eigenvalue weighted by Crippen LogP contribution is 2.32. The van der Waals surface area contributed by atoms with Gasteiger partial charge in [0.25, 0.3) is 5.91 Å². The van der Waals surface area contributed by atoms with Crippen LogP contribution in [0.4, 0.5) is 9.52 Å². The summed E-state index contributed by atoms with van der Waals surface area (Å²) in [7, 11) is 1.51. The molecule has 124 valence electrons. The second kappa shape index (κ2) is 6.79. The Morgan fingerprint density at radius 1 is 1.42 bits per heavy atom. The van der Waals surface area contributed by atoms with E-state index in [1.54, 1.807) is 11.4 Å². The Kier molecular flexibility index (Phi) is 4.57. The third-order valence-corrected chi connectivity index (χ3v) is 4.16. The van der Waals surface area contributed by atoms with Gasteiger partial charge in [0, 0.05) is 16.6 Å². The van der Waals surface area contributed by atoms with Gasteiger partial charge in [-0.25, -0.2) is 9.37 Å². The number of amides is 1. The molecule has 2 N–H and O–H groups in total. The second-order valence-electron chi connectivity index (χ2n) is 4.97. The summed E-state index contributed by atoms with van der Waals surface area (Å²) in [5, 5.41) is 11.6. The van der Waals surface area contributed by atoms with Gasteiger partial charge in [-0.2, -0.15) is 5.10 Å². The zero-order valence-corrected chi connectivity index (χ0v) is 13.9. The maximum Gasteiger partial charge on any atom is 0.277 e. The van der Waals surface area contributed by atoms with E-state index in [9.17, 15) is 9.18 Å². The molecule has 2 heterocycles. The van der Waals surface area contributed by atoms with Crippen molar-refractivity contribution >= 4 is 22.4 Å². The number of hydrogen-bond acceptors (Lipinski definition) is 5. The summed E-state index contributed by atoms with van der Waals surface area (Å²) in [4.78, 5) is 16.5. The molecule has 0 radical (unpaired) electrons.